The lowest BCUT2D eigenvalue weighted by Crippen LogP contribution is -2.44. The highest BCUT2D eigenvalue weighted by Gasteiger charge is 2.40. The first-order valence-electron chi connectivity index (χ1n) is 10.4. The van der Waals surface area contributed by atoms with Gasteiger partial charge in [-0.05, 0) is 44.2 Å². The molecular weight excluding hydrogens is 406 g/mol. The lowest BCUT2D eigenvalue weighted by molar-refractivity contribution is -0.130. The van der Waals surface area contributed by atoms with Crippen LogP contribution in [-0.2, 0) is 24.4 Å². The maximum atomic E-state index is 12.8. The van der Waals surface area contributed by atoms with Crippen LogP contribution in [0.1, 0.15) is 51.4 Å². The molecule has 1 aromatic rings. The summed E-state index contributed by atoms with van der Waals surface area (Å²) in [5, 5.41) is 2.74. The summed E-state index contributed by atoms with van der Waals surface area (Å²) in [7, 11) is -3.76. The van der Waals surface area contributed by atoms with Crippen molar-refractivity contribution >= 4 is 27.6 Å². The number of rotatable bonds is 7. The minimum absolute atomic E-state index is 0.124. The number of hydrogen-bond acceptors (Lipinski definition) is 5. The fraction of sp³-hybridized carbons (Fsp3) is 0.571. The number of carbonyl (C=O) groups is 3. The van der Waals surface area contributed by atoms with E-state index in [1.807, 2.05) is 0 Å². The van der Waals surface area contributed by atoms with Gasteiger partial charge in [-0.1, -0.05) is 31.0 Å². The summed E-state index contributed by atoms with van der Waals surface area (Å²) in [5.41, 5.74) is 4.94. The fourth-order valence-corrected chi connectivity index (χ4v) is 5.85. The lowest BCUT2D eigenvalue weighted by Gasteiger charge is -2.25. The molecule has 3 N–H and O–H groups in total. The predicted molar refractivity (Wildman–Crippen MR) is 111 cm³/mol. The van der Waals surface area contributed by atoms with Crippen molar-refractivity contribution in [3.05, 3.63) is 30.3 Å². The molecule has 3 rings (SSSR count). The molecule has 9 heteroatoms. The molecular formula is C21H29N3O5S. The van der Waals surface area contributed by atoms with Crippen LogP contribution in [0.5, 0.6) is 0 Å². The number of carbonyl (C=O) groups excluding carboxylic acids is 3. The van der Waals surface area contributed by atoms with E-state index in [1.54, 1.807) is 18.2 Å². The Bertz CT molecular complexity index is 894. The summed E-state index contributed by atoms with van der Waals surface area (Å²) < 4.78 is 26.8. The van der Waals surface area contributed by atoms with Crippen LogP contribution >= 0.6 is 0 Å². The summed E-state index contributed by atoms with van der Waals surface area (Å²) in [6.07, 6.45) is 4.60. The molecule has 0 spiro atoms. The van der Waals surface area contributed by atoms with Crippen molar-refractivity contribution in [3.8, 4) is 0 Å². The molecule has 2 amide bonds. The topological polar surface area (TPSA) is 127 Å². The van der Waals surface area contributed by atoms with E-state index >= 15 is 0 Å². The molecule has 2 fully saturated rings. The maximum absolute atomic E-state index is 12.8. The Labute approximate surface area is 177 Å². The molecule has 1 saturated heterocycles. The number of sulfonamides is 1. The summed E-state index contributed by atoms with van der Waals surface area (Å²) in [4.78, 5) is 37.1. The van der Waals surface area contributed by atoms with E-state index in [9.17, 15) is 22.8 Å². The van der Waals surface area contributed by atoms with Gasteiger partial charge in [0.25, 0.3) is 0 Å². The number of nitrogens with one attached hydrogen (secondary N) is 1. The molecule has 0 aromatic heterocycles. The third-order valence-corrected chi connectivity index (χ3v) is 8.11. The molecule has 1 aromatic carbocycles. The van der Waals surface area contributed by atoms with Gasteiger partial charge in [0.2, 0.25) is 21.8 Å². The average molecular weight is 436 g/mol. The van der Waals surface area contributed by atoms with Gasteiger partial charge in [-0.25, -0.2) is 8.42 Å². The first kappa shape index (κ1) is 22.4. The van der Waals surface area contributed by atoms with Crippen molar-refractivity contribution in [2.24, 2.45) is 11.1 Å². The number of Topliss-reactive ketones (excluding diaryl/α,β-unsaturated/α-hetero) is 1. The second kappa shape index (κ2) is 9.26. The molecule has 1 atom stereocenters. The van der Waals surface area contributed by atoms with Crippen LogP contribution in [0.2, 0.25) is 0 Å². The van der Waals surface area contributed by atoms with Gasteiger partial charge in [-0.15, -0.1) is 0 Å². The van der Waals surface area contributed by atoms with E-state index in [4.69, 9.17) is 5.73 Å². The normalized spacial score (nSPS) is 22.4. The van der Waals surface area contributed by atoms with E-state index in [-0.39, 0.29) is 42.0 Å². The fourth-order valence-electron chi connectivity index (χ4n) is 4.39. The molecule has 2 aliphatic rings. The molecule has 1 aliphatic carbocycles. The van der Waals surface area contributed by atoms with Gasteiger partial charge in [0, 0.05) is 18.4 Å². The van der Waals surface area contributed by atoms with Crippen LogP contribution in [0.15, 0.2) is 35.2 Å². The number of nitrogens with two attached hydrogens (primary N) is 1. The van der Waals surface area contributed by atoms with Crippen LogP contribution in [0, 0.1) is 5.41 Å². The van der Waals surface area contributed by atoms with Crippen molar-refractivity contribution in [3.63, 3.8) is 0 Å². The highest BCUT2D eigenvalue weighted by Crippen LogP contribution is 2.41. The zero-order chi connectivity index (χ0) is 21.8. The minimum atomic E-state index is -3.76. The third-order valence-electron chi connectivity index (χ3n) is 6.25. The Balaban J connectivity index is 1.59. The number of benzene rings is 1. The zero-order valence-corrected chi connectivity index (χ0v) is 17.8. The van der Waals surface area contributed by atoms with Crippen LogP contribution in [0.3, 0.4) is 0 Å². The first-order valence-corrected chi connectivity index (χ1v) is 11.9. The summed E-state index contributed by atoms with van der Waals surface area (Å²) in [6.45, 7) is -0.0481. The molecule has 0 radical (unpaired) electrons. The van der Waals surface area contributed by atoms with E-state index < -0.39 is 21.5 Å². The van der Waals surface area contributed by atoms with Crippen LogP contribution in [-0.4, -0.2) is 49.5 Å². The first-order chi connectivity index (χ1) is 14.2. The molecule has 0 bridgehead atoms. The van der Waals surface area contributed by atoms with E-state index in [2.05, 4.69) is 5.32 Å². The van der Waals surface area contributed by atoms with Gasteiger partial charge in [-0.2, -0.15) is 4.31 Å². The smallest absolute Gasteiger partial charge is 0.243 e. The molecule has 8 nitrogen and oxygen atoms in total. The molecule has 1 heterocycles. The number of amides is 2. The van der Waals surface area contributed by atoms with Gasteiger partial charge in [0.1, 0.15) is 0 Å². The van der Waals surface area contributed by atoms with Crippen molar-refractivity contribution in [2.75, 3.05) is 13.1 Å². The highest BCUT2D eigenvalue weighted by atomic mass is 32.2. The van der Waals surface area contributed by atoms with E-state index in [0.29, 0.717) is 32.1 Å². The number of primary amides is 1. The zero-order valence-electron chi connectivity index (χ0n) is 17.0. The monoisotopic (exact) mass is 435 g/mol. The lowest BCUT2D eigenvalue weighted by atomic mass is 9.80. The third kappa shape index (κ3) is 4.89. The van der Waals surface area contributed by atoms with Gasteiger partial charge >= 0.3 is 0 Å². The van der Waals surface area contributed by atoms with Crippen LogP contribution in [0.4, 0.5) is 0 Å². The Hall–Kier alpha value is -2.26. The van der Waals surface area contributed by atoms with Gasteiger partial charge in [-0.3, -0.25) is 14.4 Å². The SMILES string of the molecule is NC(=O)C1(CCC(=O)N[C@H]2CCCN(S(=O)(=O)c3ccccc3)CC2=O)CCCC1. The summed E-state index contributed by atoms with van der Waals surface area (Å²) >= 11 is 0. The van der Waals surface area contributed by atoms with E-state index in [0.717, 1.165) is 12.8 Å². The highest BCUT2D eigenvalue weighted by molar-refractivity contribution is 7.89. The van der Waals surface area contributed by atoms with Crippen molar-refractivity contribution < 1.29 is 22.8 Å². The van der Waals surface area contributed by atoms with Gasteiger partial charge < -0.3 is 11.1 Å². The summed E-state index contributed by atoms with van der Waals surface area (Å²) in [5.74, 6) is -0.994. The van der Waals surface area contributed by atoms with Gasteiger partial charge in [0.05, 0.1) is 17.5 Å². The quantitative estimate of drug-likeness (QED) is 0.668. The molecule has 164 valence electrons. The number of hydrogen-bond donors (Lipinski definition) is 2. The average Bonchev–Trinajstić information content (AvgIpc) is 3.14. The Morgan fingerprint density at radius 3 is 2.43 bits per heavy atom. The van der Waals surface area contributed by atoms with Gasteiger partial charge in [0.15, 0.2) is 5.78 Å². The minimum Gasteiger partial charge on any atom is -0.369 e. The van der Waals surface area contributed by atoms with E-state index in [1.165, 1.54) is 16.4 Å². The molecule has 1 aliphatic heterocycles. The standard InChI is InChI=1S/C21H29N3O5S/c22-20(27)21(11-4-5-12-21)13-10-19(26)23-17-9-6-14-24(15-18(17)25)30(28,29)16-7-2-1-3-8-16/h1-3,7-8,17H,4-6,9-15H2,(H2,22,27)(H,23,26)/t17-/m0/s1. The Kier molecular flexibility index (Phi) is 6.92. The predicted octanol–water partition coefficient (Wildman–Crippen LogP) is 1.35. The number of nitrogens with zero attached hydrogens (tertiary/aromatic N) is 1. The van der Waals surface area contributed by atoms with Crippen molar-refractivity contribution in [1.29, 1.82) is 0 Å². The second-order valence-electron chi connectivity index (χ2n) is 8.23. The maximum Gasteiger partial charge on any atom is 0.243 e. The summed E-state index contributed by atoms with van der Waals surface area (Å²) in [6, 6.07) is 7.29. The van der Waals surface area contributed by atoms with Crippen molar-refractivity contribution in [1.82, 2.24) is 9.62 Å². The number of ketones is 1. The largest absolute Gasteiger partial charge is 0.369 e. The van der Waals surface area contributed by atoms with Crippen molar-refractivity contribution in [2.45, 2.75) is 62.3 Å². The Morgan fingerprint density at radius 1 is 1.13 bits per heavy atom. The molecule has 1 saturated carbocycles. The second-order valence-corrected chi connectivity index (χ2v) is 10.2. The molecule has 0 unspecified atom stereocenters. The van der Waals surface area contributed by atoms with Crippen LogP contribution in [0.25, 0.3) is 0 Å². The van der Waals surface area contributed by atoms with Crippen LogP contribution < -0.4 is 11.1 Å². The molecule has 30 heavy (non-hydrogen) atoms. The Morgan fingerprint density at radius 2 is 1.80 bits per heavy atom.